The number of carbonyl (C=O) groups excluding carboxylic acids is 2. The van der Waals surface area contributed by atoms with Crippen molar-refractivity contribution in [3.8, 4) is 0 Å². The Morgan fingerprint density at radius 3 is 2.26 bits per heavy atom. The van der Waals surface area contributed by atoms with Crippen molar-refractivity contribution in [2.75, 3.05) is 17.6 Å². The van der Waals surface area contributed by atoms with Gasteiger partial charge in [-0.05, 0) is 68.3 Å². The first-order valence-corrected chi connectivity index (χ1v) is 10.2. The lowest BCUT2D eigenvalue weighted by atomic mass is 10.1. The minimum absolute atomic E-state index is 0.0179. The smallest absolute Gasteiger partial charge is 0.243 e. The number of anilines is 1. The topological polar surface area (TPSA) is 58.2 Å². The number of benzene rings is 2. The van der Waals surface area contributed by atoms with E-state index in [1.54, 1.807) is 11.8 Å². The van der Waals surface area contributed by atoms with Gasteiger partial charge < -0.3 is 10.6 Å². The van der Waals surface area contributed by atoms with E-state index in [-0.39, 0.29) is 18.4 Å². The Kier molecular flexibility index (Phi) is 8.20. The van der Waals surface area contributed by atoms with Crippen LogP contribution >= 0.6 is 23.4 Å². The molecule has 4 nitrogen and oxygen atoms in total. The number of thioether (sulfide) groups is 1. The fraction of sp³-hybridized carbons (Fsp3) is 0.333. The second-order valence-electron chi connectivity index (χ2n) is 6.50. The second kappa shape index (κ2) is 10.4. The molecule has 0 aliphatic heterocycles. The molecule has 0 heterocycles. The van der Waals surface area contributed by atoms with Crippen LogP contribution in [-0.4, -0.2) is 24.1 Å². The molecule has 0 spiro atoms. The standard InChI is InChI=1S/C21H25ClN2O2S/c1-14-11-15(2)21(16(3)12-14)24-20(26)13-23-19(25)5-4-10-27-18-8-6-17(22)7-9-18/h6-9,11-12H,4-5,10,13H2,1-3H3,(H,23,25)(H,24,26). The molecule has 0 aliphatic carbocycles. The molecular formula is C21H25ClN2O2S. The van der Waals surface area contributed by atoms with E-state index < -0.39 is 0 Å². The summed E-state index contributed by atoms with van der Waals surface area (Å²) in [6, 6.07) is 11.7. The van der Waals surface area contributed by atoms with E-state index in [0.29, 0.717) is 11.4 Å². The van der Waals surface area contributed by atoms with Gasteiger partial charge in [-0.15, -0.1) is 11.8 Å². The molecule has 2 amide bonds. The Labute approximate surface area is 170 Å². The van der Waals surface area contributed by atoms with Crippen LogP contribution in [0.1, 0.15) is 29.5 Å². The van der Waals surface area contributed by atoms with E-state index in [0.717, 1.165) is 39.4 Å². The van der Waals surface area contributed by atoms with Gasteiger partial charge in [0, 0.05) is 22.0 Å². The van der Waals surface area contributed by atoms with Gasteiger partial charge in [0.1, 0.15) is 0 Å². The van der Waals surface area contributed by atoms with Crippen molar-refractivity contribution in [1.29, 1.82) is 0 Å². The Balaban J connectivity index is 1.67. The fourth-order valence-electron chi connectivity index (χ4n) is 2.78. The van der Waals surface area contributed by atoms with Crippen molar-refractivity contribution in [1.82, 2.24) is 5.32 Å². The van der Waals surface area contributed by atoms with Gasteiger partial charge in [-0.2, -0.15) is 0 Å². The van der Waals surface area contributed by atoms with Gasteiger partial charge in [-0.1, -0.05) is 29.3 Å². The van der Waals surface area contributed by atoms with Crippen molar-refractivity contribution in [3.63, 3.8) is 0 Å². The highest BCUT2D eigenvalue weighted by Gasteiger charge is 2.10. The van der Waals surface area contributed by atoms with Crippen molar-refractivity contribution in [2.45, 2.75) is 38.5 Å². The summed E-state index contributed by atoms with van der Waals surface area (Å²) >= 11 is 7.54. The van der Waals surface area contributed by atoms with Gasteiger partial charge in [0.2, 0.25) is 11.8 Å². The largest absolute Gasteiger partial charge is 0.347 e. The number of aryl methyl sites for hydroxylation is 3. The summed E-state index contributed by atoms with van der Waals surface area (Å²) in [5.74, 6) is 0.511. The van der Waals surface area contributed by atoms with E-state index in [4.69, 9.17) is 11.6 Å². The highest BCUT2D eigenvalue weighted by molar-refractivity contribution is 7.99. The van der Waals surface area contributed by atoms with Gasteiger partial charge in [-0.3, -0.25) is 9.59 Å². The van der Waals surface area contributed by atoms with Crippen LogP contribution < -0.4 is 10.6 Å². The molecule has 0 saturated heterocycles. The van der Waals surface area contributed by atoms with Gasteiger partial charge in [0.25, 0.3) is 0 Å². The van der Waals surface area contributed by atoms with Crippen LogP contribution in [0.25, 0.3) is 0 Å². The maximum absolute atomic E-state index is 12.1. The van der Waals surface area contributed by atoms with Gasteiger partial charge >= 0.3 is 0 Å². The third-order valence-electron chi connectivity index (χ3n) is 4.02. The number of rotatable bonds is 8. The highest BCUT2D eigenvalue weighted by Crippen LogP contribution is 2.22. The van der Waals surface area contributed by atoms with E-state index in [1.165, 1.54) is 0 Å². The zero-order valence-corrected chi connectivity index (χ0v) is 17.5. The summed E-state index contributed by atoms with van der Waals surface area (Å²) in [5.41, 5.74) is 4.02. The van der Waals surface area contributed by atoms with E-state index in [2.05, 4.69) is 10.6 Å². The molecule has 0 bridgehead atoms. The Morgan fingerprint density at radius 2 is 1.63 bits per heavy atom. The lowest BCUT2D eigenvalue weighted by Crippen LogP contribution is -2.33. The minimum Gasteiger partial charge on any atom is -0.347 e. The quantitative estimate of drug-likeness (QED) is 0.486. The third-order valence-corrected chi connectivity index (χ3v) is 5.37. The molecule has 0 fully saturated rings. The van der Waals surface area contributed by atoms with Crippen LogP contribution in [0.3, 0.4) is 0 Å². The highest BCUT2D eigenvalue weighted by atomic mass is 35.5. The molecule has 2 aromatic rings. The van der Waals surface area contributed by atoms with E-state index in [1.807, 2.05) is 57.2 Å². The van der Waals surface area contributed by atoms with Gasteiger partial charge in [0.15, 0.2) is 0 Å². The molecule has 6 heteroatoms. The molecule has 0 unspecified atom stereocenters. The number of carbonyl (C=O) groups is 2. The SMILES string of the molecule is Cc1cc(C)c(NC(=O)CNC(=O)CCCSc2ccc(Cl)cc2)c(C)c1. The second-order valence-corrected chi connectivity index (χ2v) is 8.11. The van der Waals surface area contributed by atoms with E-state index in [9.17, 15) is 9.59 Å². The summed E-state index contributed by atoms with van der Waals surface area (Å²) < 4.78 is 0. The van der Waals surface area contributed by atoms with Crippen LogP contribution in [0.2, 0.25) is 5.02 Å². The molecule has 0 aromatic heterocycles. The minimum atomic E-state index is -0.214. The molecule has 0 atom stereocenters. The third kappa shape index (κ3) is 7.27. The molecule has 2 N–H and O–H groups in total. The lowest BCUT2D eigenvalue weighted by Gasteiger charge is -2.13. The summed E-state index contributed by atoms with van der Waals surface area (Å²) in [7, 11) is 0. The predicted molar refractivity (Wildman–Crippen MR) is 114 cm³/mol. The Hall–Kier alpha value is -1.98. The molecular weight excluding hydrogens is 380 g/mol. The lowest BCUT2D eigenvalue weighted by molar-refractivity contribution is -0.124. The van der Waals surface area contributed by atoms with Gasteiger partial charge in [-0.25, -0.2) is 0 Å². The first-order chi connectivity index (χ1) is 12.8. The molecule has 2 rings (SSSR count). The van der Waals surface area contributed by atoms with Crippen LogP contribution in [0.5, 0.6) is 0 Å². The average Bonchev–Trinajstić information content (AvgIpc) is 2.61. The summed E-state index contributed by atoms with van der Waals surface area (Å²) in [6.45, 7) is 5.94. The number of hydrogen-bond donors (Lipinski definition) is 2. The molecule has 0 aliphatic rings. The number of amides is 2. The number of nitrogens with one attached hydrogen (secondary N) is 2. The van der Waals surface area contributed by atoms with Crippen molar-refractivity contribution < 1.29 is 9.59 Å². The van der Waals surface area contributed by atoms with Gasteiger partial charge in [0.05, 0.1) is 6.54 Å². The Bertz CT molecular complexity index is 783. The summed E-state index contributed by atoms with van der Waals surface area (Å²) in [6.07, 6.45) is 1.15. The van der Waals surface area contributed by atoms with Crippen molar-refractivity contribution in [2.24, 2.45) is 0 Å². The number of hydrogen-bond acceptors (Lipinski definition) is 3. The molecule has 0 saturated carbocycles. The Morgan fingerprint density at radius 1 is 1.00 bits per heavy atom. The van der Waals surface area contributed by atoms with Crippen molar-refractivity contribution in [3.05, 3.63) is 58.1 Å². The molecule has 27 heavy (non-hydrogen) atoms. The van der Waals surface area contributed by atoms with Crippen LogP contribution in [-0.2, 0) is 9.59 Å². The first-order valence-electron chi connectivity index (χ1n) is 8.88. The van der Waals surface area contributed by atoms with Crippen LogP contribution in [0.15, 0.2) is 41.3 Å². The normalized spacial score (nSPS) is 10.5. The van der Waals surface area contributed by atoms with Crippen LogP contribution in [0, 0.1) is 20.8 Å². The zero-order chi connectivity index (χ0) is 19.8. The monoisotopic (exact) mass is 404 g/mol. The van der Waals surface area contributed by atoms with E-state index >= 15 is 0 Å². The maximum Gasteiger partial charge on any atom is 0.243 e. The fourth-order valence-corrected chi connectivity index (χ4v) is 3.76. The molecule has 144 valence electrons. The summed E-state index contributed by atoms with van der Waals surface area (Å²) in [4.78, 5) is 25.2. The number of halogens is 1. The van der Waals surface area contributed by atoms with Crippen LogP contribution in [0.4, 0.5) is 5.69 Å². The average molecular weight is 405 g/mol. The molecule has 2 aromatic carbocycles. The molecule has 0 radical (unpaired) electrons. The maximum atomic E-state index is 12.1. The predicted octanol–water partition coefficient (Wildman–Crippen LogP) is 4.89. The summed E-state index contributed by atoms with van der Waals surface area (Å²) in [5, 5.41) is 6.28. The zero-order valence-electron chi connectivity index (χ0n) is 15.9. The first kappa shape index (κ1) is 21.3. The van der Waals surface area contributed by atoms with Crippen molar-refractivity contribution >= 4 is 40.9 Å².